The van der Waals surface area contributed by atoms with Crippen molar-refractivity contribution in [3.63, 3.8) is 0 Å². The lowest BCUT2D eigenvalue weighted by molar-refractivity contribution is -0.118. The number of amides is 1. The molecule has 0 bridgehead atoms. The molecule has 0 fully saturated rings. The maximum atomic E-state index is 12.0. The van der Waals surface area contributed by atoms with Gasteiger partial charge in [0.1, 0.15) is 5.75 Å². The second-order valence-corrected chi connectivity index (χ2v) is 6.84. The van der Waals surface area contributed by atoms with Crippen molar-refractivity contribution in [2.75, 3.05) is 12.9 Å². The minimum atomic E-state index is -0.0633. The third-order valence-corrected chi connectivity index (χ3v) is 4.96. The van der Waals surface area contributed by atoms with Gasteiger partial charge in [-0.15, -0.1) is 11.8 Å². The van der Waals surface area contributed by atoms with Crippen LogP contribution in [0.3, 0.4) is 0 Å². The average Bonchev–Trinajstić information content (AvgIpc) is 2.61. The van der Waals surface area contributed by atoms with Crippen LogP contribution in [-0.2, 0) is 17.1 Å². The number of methoxy groups -OCH3 is 1. The van der Waals surface area contributed by atoms with Crippen LogP contribution in [0.25, 0.3) is 0 Å². The first kappa shape index (κ1) is 19.3. The van der Waals surface area contributed by atoms with E-state index in [0.717, 1.165) is 11.1 Å². The van der Waals surface area contributed by atoms with Crippen LogP contribution < -0.4 is 10.1 Å². The first-order valence-electron chi connectivity index (χ1n) is 7.77. The molecule has 1 amide bonds. The first-order chi connectivity index (χ1) is 12.0. The Morgan fingerprint density at radius 3 is 2.60 bits per heavy atom. The van der Waals surface area contributed by atoms with E-state index in [1.165, 1.54) is 18.7 Å². The van der Waals surface area contributed by atoms with Gasteiger partial charge in [-0.1, -0.05) is 29.8 Å². The monoisotopic (exact) mass is 377 g/mol. The summed E-state index contributed by atoms with van der Waals surface area (Å²) < 4.78 is 5.32. The number of ketones is 1. The Kier molecular flexibility index (Phi) is 7.34. The molecule has 2 aromatic carbocycles. The van der Waals surface area contributed by atoms with Gasteiger partial charge < -0.3 is 10.1 Å². The summed E-state index contributed by atoms with van der Waals surface area (Å²) in [6.07, 6.45) is 0. The van der Waals surface area contributed by atoms with Gasteiger partial charge in [0.05, 0.1) is 12.9 Å². The topological polar surface area (TPSA) is 55.4 Å². The van der Waals surface area contributed by atoms with Crippen LogP contribution in [0.2, 0.25) is 5.02 Å². The summed E-state index contributed by atoms with van der Waals surface area (Å²) in [7, 11) is 1.59. The molecule has 2 rings (SSSR count). The standard InChI is InChI=1S/C19H20ClNO3S/c1-13(22)14-7-8-18(24-2)16(9-14)11-25-12-19(23)21-10-15-5-3-4-6-17(15)20/h3-9H,10-12H2,1-2H3,(H,21,23). The largest absolute Gasteiger partial charge is 0.496 e. The molecule has 0 spiro atoms. The number of carbonyl (C=O) groups excluding carboxylic acids is 2. The van der Waals surface area contributed by atoms with Gasteiger partial charge in [-0.05, 0) is 36.8 Å². The van der Waals surface area contributed by atoms with Crippen LogP contribution in [0.4, 0.5) is 0 Å². The zero-order chi connectivity index (χ0) is 18.2. The number of Topliss-reactive ketones (excluding diaryl/α,β-unsaturated/α-hetero) is 1. The summed E-state index contributed by atoms with van der Waals surface area (Å²) >= 11 is 7.54. The number of ether oxygens (including phenoxy) is 1. The molecule has 0 aliphatic carbocycles. The number of carbonyl (C=O) groups is 2. The molecule has 0 atom stereocenters. The third-order valence-electron chi connectivity index (χ3n) is 3.61. The van der Waals surface area contributed by atoms with Gasteiger partial charge >= 0.3 is 0 Å². The molecule has 0 unspecified atom stereocenters. The zero-order valence-electron chi connectivity index (χ0n) is 14.2. The minimum absolute atomic E-state index is 0.00591. The van der Waals surface area contributed by atoms with Gasteiger partial charge in [-0.3, -0.25) is 9.59 Å². The number of nitrogens with one attached hydrogen (secondary N) is 1. The van der Waals surface area contributed by atoms with Gasteiger partial charge in [0, 0.05) is 28.4 Å². The van der Waals surface area contributed by atoms with E-state index in [1.54, 1.807) is 25.3 Å². The van der Waals surface area contributed by atoms with Crippen molar-refractivity contribution < 1.29 is 14.3 Å². The number of rotatable bonds is 8. The summed E-state index contributed by atoms with van der Waals surface area (Å²) in [4.78, 5) is 23.5. The molecular formula is C19H20ClNO3S. The van der Waals surface area contributed by atoms with Crippen LogP contribution in [-0.4, -0.2) is 24.6 Å². The maximum Gasteiger partial charge on any atom is 0.230 e. The summed E-state index contributed by atoms with van der Waals surface area (Å²) in [5, 5.41) is 3.49. The normalized spacial score (nSPS) is 10.4. The van der Waals surface area contributed by atoms with E-state index >= 15 is 0 Å². The Bertz CT molecular complexity index is 764. The molecule has 6 heteroatoms. The third kappa shape index (κ3) is 5.80. The van der Waals surface area contributed by atoms with Crippen LogP contribution in [0.5, 0.6) is 5.75 Å². The summed E-state index contributed by atoms with van der Waals surface area (Å²) in [6.45, 7) is 1.93. The van der Waals surface area contributed by atoms with Crippen molar-refractivity contribution in [3.8, 4) is 5.75 Å². The minimum Gasteiger partial charge on any atom is -0.496 e. The molecule has 0 aliphatic heterocycles. The predicted molar refractivity (Wildman–Crippen MR) is 102 cm³/mol. The summed E-state index contributed by atoms with van der Waals surface area (Å²) in [5.74, 6) is 1.56. The Balaban J connectivity index is 1.85. The van der Waals surface area contributed by atoms with E-state index in [2.05, 4.69) is 5.32 Å². The Morgan fingerprint density at radius 1 is 1.16 bits per heavy atom. The number of hydrogen-bond donors (Lipinski definition) is 1. The van der Waals surface area contributed by atoms with Crippen LogP contribution >= 0.6 is 23.4 Å². The Hall–Kier alpha value is -1.98. The van der Waals surface area contributed by atoms with Gasteiger partial charge in [-0.25, -0.2) is 0 Å². The molecule has 0 saturated heterocycles. The van der Waals surface area contributed by atoms with Crippen LogP contribution in [0, 0.1) is 0 Å². The van der Waals surface area contributed by atoms with Crippen molar-refractivity contribution in [1.29, 1.82) is 0 Å². The van der Waals surface area contributed by atoms with Crippen molar-refractivity contribution in [3.05, 3.63) is 64.2 Å². The van der Waals surface area contributed by atoms with Crippen LogP contribution in [0.1, 0.15) is 28.4 Å². The van der Waals surface area contributed by atoms with Crippen molar-refractivity contribution in [1.82, 2.24) is 5.32 Å². The highest BCUT2D eigenvalue weighted by Crippen LogP contribution is 2.25. The number of halogens is 1. The lowest BCUT2D eigenvalue weighted by Gasteiger charge is -2.10. The van der Waals surface area contributed by atoms with E-state index in [-0.39, 0.29) is 11.7 Å². The van der Waals surface area contributed by atoms with Crippen molar-refractivity contribution in [2.45, 2.75) is 19.2 Å². The van der Waals surface area contributed by atoms with E-state index in [1.807, 2.05) is 24.3 Å². The molecule has 0 aliphatic rings. The number of thioether (sulfide) groups is 1. The molecule has 25 heavy (non-hydrogen) atoms. The van der Waals surface area contributed by atoms with Gasteiger partial charge in [0.25, 0.3) is 0 Å². The van der Waals surface area contributed by atoms with Crippen LogP contribution in [0.15, 0.2) is 42.5 Å². The quantitative estimate of drug-likeness (QED) is 0.703. The van der Waals surface area contributed by atoms with Gasteiger partial charge in [0.2, 0.25) is 5.91 Å². The molecule has 1 N–H and O–H groups in total. The SMILES string of the molecule is COc1ccc(C(C)=O)cc1CSCC(=O)NCc1ccccc1Cl. The fourth-order valence-corrected chi connectivity index (χ4v) is 3.29. The number of benzene rings is 2. The average molecular weight is 378 g/mol. The molecule has 0 radical (unpaired) electrons. The second-order valence-electron chi connectivity index (χ2n) is 5.44. The fraction of sp³-hybridized carbons (Fsp3) is 0.263. The fourth-order valence-electron chi connectivity index (χ4n) is 2.25. The molecular weight excluding hydrogens is 358 g/mol. The zero-order valence-corrected chi connectivity index (χ0v) is 15.7. The predicted octanol–water partition coefficient (Wildman–Crippen LogP) is 4.10. The number of hydrogen-bond acceptors (Lipinski definition) is 4. The van der Waals surface area contributed by atoms with Crippen molar-refractivity contribution >= 4 is 35.1 Å². The Morgan fingerprint density at radius 2 is 1.92 bits per heavy atom. The lowest BCUT2D eigenvalue weighted by Crippen LogP contribution is -2.24. The summed E-state index contributed by atoms with van der Waals surface area (Å²) in [5.41, 5.74) is 2.43. The maximum absolute atomic E-state index is 12.0. The summed E-state index contributed by atoms with van der Waals surface area (Å²) in [6, 6.07) is 12.8. The first-order valence-corrected chi connectivity index (χ1v) is 9.30. The van der Waals surface area contributed by atoms with Gasteiger partial charge in [-0.2, -0.15) is 0 Å². The molecule has 0 aromatic heterocycles. The second kappa shape index (κ2) is 9.49. The van der Waals surface area contributed by atoms with E-state index in [0.29, 0.717) is 34.4 Å². The molecule has 2 aromatic rings. The molecule has 0 saturated carbocycles. The highest BCUT2D eigenvalue weighted by molar-refractivity contribution is 7.99. The van der Waals surface area contributed by atoms with E-state index < -0.39 is 0 Å². The highest BCUT2D eigenvalue weighted by Gasteiger charge is 2.09. The van der Waals surface area contributed by atoms with Crippen molar-refractivity contribution in [2.24, 2.45) is 0 Å². The smallest absolute Gasteiger partial charge is 0.230 e. The van der Waals surface area contributed by atoms with E-state index in [4.69, 9.17) is 16.3 Å². The molecule has 4 nitrogen and oxygen atoms in total. The van der Waals surface area contributed by atoms with E-state index in [9.17, 15) is 9.59 Å². The molecule has 0 heterocycles. The lowest BCUT2D eigenvalue weighted by atomic mass is 10.1. The van der Waals surface area contributed by atoms with Gasteiger partial charge in [0.15, 0.2) is 5.78 Å². The molecule has 132 valence electrons. The highest BCUT2D eigenvalue weighted by atomic mass is 35.5. The Labute approximate surface area is 156 Å².